The van der Waals surface area contributed by atoms with Crippen molar-refractivity contribution in [2.45, 2.75) is 11.3 Å². The Kier molecular flexibility index (Phi) is 5.76. The number of sulfonamides is 1. The lowest BCUT2D eigenvalue weighted by molar-refractivity contribution is 0.0600. The molecule has 0 saturated heterocycles. The van der Waals surface area contributed by atoms with Crippen LogP contribution in [-0.2, 0) is 21.2 Å². The molecule has 0 aliphatic carbocycles. The van der Waals surface area contributed by atoms with Gasteiger partial charge in [-0.25, -0.2) is 17.9 Å². The first-order valence-corrected chi connectivity index (χ1v) is 8.71. The summed E-state index contributed by atoms with van der Waals surface area (Å²) in [6, 6.07) is 12.8. The molecule has 0 heterocycles. The molecule has 0 saturated carbocycles. The largest absolute Gasteiger partial charge is 0.465 e. The molecular formula is C16H16ClNO4S. The number of halogens is 1. The fourth-order valence-corrected chi connectivity index (χ4v) is 3.11. The zero-order chi connectivity index (χ0) is 16.9. The molecule has 0 aliphatic heterocycles. The number of carbonyl (C=O) groups is 1. The van der Waals surface area contributed by atoms with Gasteiger partial charge in [-0.15, -0.1) is 0 Å². The second kappa shape index (κ2) is 7.59. The fourth-order valence-electron chi connectivity index (χ4n) is 1.95. The number of nitrogens with one attached hydrogen (secondary N) is 1. The molecule has 7 heteroatoms. The van der Waals surface area contributed by atoms with E-state index in [4.69, 9.17) is 11.6 Å². The molecule has 23 heavy (non-hydrogen) atoms. The van der Waals surface area contributed by atoms with E-state index in [0.29, 0.717) is 17.0 Å². The predicted octanol–water partition coefficient (Wildman–Crippen LogP) is 2.65. The molecule has 2 aromatic rings. The molecule has 0 unspecified atom stereocenters. The highest BCUT2D eigenvalue weighted by molar-refractivity contribution is 7.89. The number of ether oxygens (including phenoxy) is 1. The molecule has 5 nitrogen and oxygen atoms in total. The molecule has 2 aromatic carbocycles. The highest BCUT2D eigenvalue weighted by atomic mass is 35.5. The van der Waals surface area contributed by atoms with Gasteiger partial charge in [0.1, 0.15) is 0 Å². The van der Waals surface area contributed by atoms with Crippen LogP contribution in [0.15, 0.2) is 53.4 Å². The predicted molar refractivity (Wildman–Crippen MR) is 88.1 cm³/mol. The Hall–Kier alpha value is -1.89. The number of rotatable bonds is 6. The Balaban J connectivity index is 1.98. The summed E-state index contributed by atoms with van der Waals surface area (Å²) in [7, 11) is -2.35. The molecule has 0 fully saturated rings. The molecule has 122 valence electrons. The molecule has 0 amide bonds. The topological polar surface area (TPSA) is 72.5 Å². The second-order valence-electron chi connectivity index (χ2n) is 4.79. The van der Waals surface area contributed by atoms with Crippen LogP contribution >= 0.6 is 11.6 Å². The summed E-state index contributed by atoms with van der Waals surface area (Å²) in [6.45, 7) is 0.267. The summed E-state index contributed by atoms with van der Waals surface area (Å²) < 4.78 is 31.5. The van der Waals surface area contributed by atoms with Crippen LogP contribution in [0.25, 0.3) is 0 Å². The molecule has 0 bridgehead atoms. The molecule has 1 N–H and O–H groups in total. The molecule has 2 rings (SSSR count). The normalized spacial score (nSPS) is 11.2. The van der Waals surface area contributed by atoms with E-state index in [9.17, 15) is 13.2 Å². The van der Waals surface area contributed by atoms with E-state index in [0.717, 1.165) is 5.56 Å². The number of methoxy groups -OCH3 is 1. The van der Waals surface area contributed by atoms with E-state index in [2.05, 4.69) is 9.46 Å². The van der Waals surface area contributed by atoms with Crippen molar-refractivity contribution in [2.24, 2.45) is 0 Å². The summed E-state index contributed by atoms with van der Waals surface area (Å²) >= 11 is 5.80. The van der Waals surface area contributed by atoms with Gasteiger partial charge in [-0.3, -0.25) is 0 Å². The van der Waals surface area contributed by atoms with Gasteiger partial charge in [0.25, 0.3) is 0 Å². The number of benzene rings is 2. The van der Waals surface area contributed by atoms with E-state index >= 15 is 0 Å². The zero-order valence-electron chi connectivity index (χ0n) is 12.5. The van der Waals surface area contributed by atoms with Gasteiger partial charge < -0.3 is 4.74 Å². The van der Waals surface area contributed by atoms with E-state index in [1.165, 1.54) is 31.4 Å². The van der Waals surface area contributed by atoms with Crippen molar-refractivity contribution in [3.8, 4) is 0 Å². The van der Waals surface area contributed by atoms with Crippen LogP contribution in [0.5, 0.6) is 0 Å². The Morgan fingerprint density at radius 1 is 1.09 bits per heavy atom. The van der Waals surface area contributed by atoms with Crippen molar-refractivity contribution in [3.63, 3.8) is 0 Å². The van der Waals surface area contributed by atoms with E-state index in [-0.39, 0.29) is 11.4 Å². The monoisotopic (exact) mass is 353 g/mol. The average molecular weight is 354 g/mol. The van der Waals surface area contributed by atoms with Crippen molar-refractivity contribution in [1.82, 2.24) is 4.72 Å². The molecule has 0 spiro atoms. The van der Waals surface area contributed by atoms with Gasteiger partial charge in [-0.05, 0) is 48.4 Å². The van der Waals surface area contributed by atoms with Crippen LogP contribution in [0, 0.1) is 0 Å². The third-order valence-corrected chi connectivity index (χ3v) is 4.93. The van der Waals surface area contributed by atoms with Crippen molar-refractivity contribution in [3.05, 3.63) is 64.7 Å². The first-order valence-electron chi connectivity index (χ1n) is 6.85. The third-order valence-electron chi connectivity index (χ3n) is 3.20. The Bertz CT molecular complexity index is 771. The first kappa shape index (κ1) is 17.5. The molecular weight excluding hydrogens is 338 g/mol. The maximum atomic E-state index is 12.2. The lowest BCUT2D eigenvalue weighted by atomic mass is 10.2. The number of hydrogen-bond donors (Lipinski definition) is 1. The van der Waals surface area contributed by atoms with Crippen LogP contribution < -0.4 is 4.72 Å². The van der Waals surface area contributed by atoms with Crippen molar-refractivity contribution < 1.29 is 17.9 Å². The number of hydrogen-bond acceptors (Lipinski definition) is 4. The third kappa shape index (κ3) is 4.79. The Morgan fingerprint density at radius 3 is 2.26 bits per heavy atom. The SMILES string of the molecule is COC(=O)c1ccc(S(=O)(=O)NCCc2ccc(Cl)cc2)cc1. The lowest BCUT2D eigenvalue weighted by Crippen LogP contribution is -2.26. The Morgan fingerprint density at radius 2 is 1.70 bits per heavy atom. The van der Waals surface area contributed by atoms with Gasteiger partial charge in [0.15, 0.2) is 0 Å². The van der Waals surface area contributed by atoms with E-state index < -0.39 is 16.0 Å². The fraction of sp³-hybridized carbons (Fsp3) is 0.188. The van der Waals surface area contributed by atoms with Gasteiger partial charge in [0, 0.05) is 11.6 Å². The quantitative estimate of drug-likeness (QED) is 0.810. The van der Waals surface area contributed by atoms with Gasteiger partial charge in [-0.2, -0.15) is 0 Å². The summed E-state index contributed by atoms with van der Waals surface area (Å²) in [6.07, 6.45) is 0.552. The first-order chi connectivity index (χ1) is 10.9. The van der Waals surface area contributed by atoms with Gasteiger partial charge in [0.2, 0.25) is 10.0 Å². The number of carbonyl (C=O) groups excluding carboxylic acids is 1. The summed E-state index contributed by atoms with van der Waals surface area (Å²) in [5.41, 5.74) is 1.28. The van der Waals surface area contributed by atoms with Crippen molar-refractivity contribution in [2.75, 3.05) is 13.7 Å². The number of esters is 1. The molecule has 0 aliphatic rings. The summed E-state index contributed by atoms with van der Waals surface area (Å²) in [5.74, 6) is -0.510. The van der Waals surface area contributed by atoms with Gasteiger partial charge in [0.05, 0.1) is 17.6 Å². The standard InChI is InChI=1S/C16H16ClNO4S/c1-22-16(19)13-4-8-15(9-5-13)23(20,21)18-11-10-12-2-6-14(17)7-3-12/h2-9,18H,10-11H2,1H3. The molecule has 0 radical (unpaired) electrons. The van der Waals surface area contributed by atoms with Crippen LogP contribution in [-0.4, -0.2) is 28.0 Å². The van der Waals surface area contributed by atoms with Crippen molar-refractivity contribution in [1.29, 1.82) is 0 Å². The van der Waals surface area contributed by atoms with Gasteiger partial charge >= 0.3 is 5.97 Å². The van der Waals surface area contributed by atoms with Crippen LogP contribution in [0.1, 0.15) is 15.9 Å². The maximum Gasteiger partial charge on any atom is 0.337 e. The average Bonchev–Trinajstić information content (AvgIpc) is 2.56. The smallest absolute Gasteiger partial charge is 0.337 e. The van der Waals surface area contributed by atoms with E-state index in [1.54, 1.807) is 12.1 Å². The minimum atomic E-state index is -3.62. The minimum Gasteiger partial charge on any atom is -0.465 e. The Labute approximate surface area is 140 Å². The highest BCUT2D eigenvalue weighted by Gasteiger charge is 2.14. The van der Waals surface area contributed by atoms with Crippen LogP contribution in [0.4, 0.5) is 0 Å². The summed E-state index contributed by atoms with van der Waals surface area (Å²) in [5, 5.41) is 0.639. The summed E-state index contributed by atoms with van der Waals surface area (Å²) in [4.78, 5) is 11.4. The second-order valence-corrected chi connectivity index (χ2v) is 6.99. The van der Waals surface area contributed by atoms with Gasteiger partial charge in [-0.1, -0.05) is 23.7 Å². The molecule has 0 aromatic heterocycles. The van der Waals surface area contributed by atoms with Crippen molar-refractivity contribution >= 4 is 27.6 Å². The zero-order valence-corrected chi connectivity index (χ0v) is 14.0. The molecule has 0 atom stereocenters. The van der Waals surface area contributed by atoms with Crippen LogP contribution in [0.3, 0.4) is 0 Å². The van der Waals surface area contributed by atoms with Crippen LogP contribution in [0.2, 0.25) is 5.02 Å². The maximum absolute atomic E-state index is 12.2. The minimum absolute atomic E-state index is 0.0984. The lowest BCUT2D eigenvalue weighted by Gasteiger charge is -2.07. The van der Waals surface area contributed by atoms with E-state index in [1.807, 2.05) is 12.1 Å². The highest BCUT2D eigenvalue weighted by Crippen LogP contribution is 2.12.